The highest BCUT2D eigenvalue weighted by Gasteiger charge is 2.35. The average Bonchev–Trinajstić information content (AvgIpc) is 3.07. The Kier molecular flexibility index (Phi) is 7.48. The fraction of sp³-hybridized carbons (Fsp3) is 0.444. The lowest BCUT2D eigenvalue weighted by atomic mass is 10.1. The van der Waals surface area contributed by atoms with Crippen LogP contribution >= 0.6 is 0 Å². The molecule has 12 heteroatoms. The van der Waals surface area contributed by atoms with Crippen LogP contribution in [0.1, 0.15) is 37.2 Å². The number of aryl methyl sites for hydroxylation is 1. The normalized spacial score (nSPS) is 13.1. The quantitative estimate of drug-likeness (QED) is 0.641. The third-order valence-corrected chi connectivity index (χ3v) is 5.87. The molecule has 166 valence electrons. The van der Waals surface area contributed by atoms with Crippen molar-refractivity contribution in [3.05, 3.63) is 41.7 Å². The number of carbonyl (C=O) groups is 1. The average molecular weight is 448 g/mol. The van der Waals surface area contributed by atoms with Gasteiger partial charge in [0.25, 0.3) is 0 Å². The number of methoxy groups -OCH3 is 1. The first kappa shape index (κ1) is 23.7. The second kappa shape index (κ2) is 9.47. The maximum atomic E-state index is 12.9. The predicted molar refractivity (Wildman–Crippen MR) is 104 cm³/mol. The van der Waals surface area contributed by atoms with Gasteiger partial charge in [-0.25, -0.2) is 17.9 Å². The van der Waals surface area contributed by atoms with Gasteiger partial charge in [0, 0.05) is 17.9 Å². The molecule has 1 heterocycles. The van der Waals surface area contributed by atoms with Crippen molar-refractivity contribution in [2.75, 3.05) is 19.0 Å². The van der Waals surface area contributed by atoms with Crippen molar-refractivity contribution in [3.63, 3.8) is 0 Å². The van der Waals surface area contributed by atoms with E-state index < -0.39 is 34.0 Å². The standard InChI is InChI=1S/C18H23F3N4O4S/c1-4-14(25-12(2)11-16(24-25)18(19,20)21)9-10-22-30(27,28)15-7-5-13(6-8-15)23-17(26)29-3/h5-8,11,14,22H,4,9-10H2,1-3H3,(H,23,26). The molecule has 1 unspecified atom stereocenters. The maximum Gasteiger partial charge on any atom is 0.435 e. The molecule has 1 aromatic heterocycles. The smallest absolute Gasteiger partial charge is 0.435 e. The van der Waals surface area contributed by atoms with Crippen LogP contribution in [0, 0.1) is 6.92 Å². The van der Waals surface area contributed by atoms with Crippen molar-refractivity contribution in [2.45, 2.75) is 43.8 Å². The second-order valence-corrected chi connectivity index (χ2v) is 8.27. The number of hydrogen-bond donors (Lipinski definition) is 2. The molecule has 0 saturated carbocycles. The van der Waals surface area contributed by atoms with Crippen molar-refractivity contribution in [2.24, 2.45) is 0 Å². The number of amides is 1. The van der Waals surface area contributed by atoms with Crippen LogP contribution in [0.25, 0.3) is 0 Å². The van der Waals surface area contributed by atoms with Gasteiger partial charge >= 0.3 is 12.3 Å². The summed E-state index contributed by atoms with van der Waals surface area (Å²) in [5.74, 6) is 0. The zero-order chi connectivity index (χ0) is 22.5. The zero-order valence-corrected chi connectivity index (χ0v) is 17.5. The first-order valence-electron chi connectivity index (χ1n) is 9.06. The van der Waals surface area contributed by atoms with Crippen LogP contribution < -0.4 is 10.0 Å². The Labute approximate surface area is 172 Å². The van der Waals surface area contributed by atoms with Gasteiger partial charge in [0.2, 0.25) is 10.0 Å². The molecule has 0 spiro atoms. The van der Waals surface area contributed by atoms with E-state index in [1.807, 2.05) is 0 Å². The molecule has 0 radical (unpaired) electrons. The van der Waals surface area contributed by atoms with E-state index >= 15 is 0 Å². The molecule has 1 atom stereocenters. The van der Waals surface area contributed by atoms with Crippen molar-refractivity contribution in [1.82, 2.24) is 14.5 Å². The Morgan fingerprint density at radius 3 is 2.40 bits per heavy atom. The number of nitrogens with zero attached hydrogens (tertiary/aromatic N) is 2. The lowest BCUT2D eigenvalue weighted by Gasteiger charge is -2.18. The van der Waals surface area contributed by atoms with Crippen LogP contribution in [0.5, 0.6) is 0 Å². The lowest BCUT2D eigenvalue weighted by Crippen LogP contribution is -2.27. The minimum Gasteiger partial charge on any atom is -0.453 e. The Balaban J connectivity index is 2.02. The van der Waals surface area contributed by atoms with Gasteiger partial charge in [-0.2, -0.15) is 18.3 Å². The third kappa shape index (κ3) is 5.95. The number of alkyl halides is 3. The molecule has 2 aromatic rings. The molecule has 0 aliphatic carbocycles. The second-order valence-electron chi connectivity index (χ2n) is 6.50. The molecule has 2 N–H and O–H groups in total. The molecule has 0 bridgehead atoms. The predicted octanol–water partition coefficient (Wildman–Crippen LogP) is 3.71. The van der Waals surface area contributed by atoms with Crippen LogP contribution in [0.3, 0.4) is 0 Å². The van der Waals surface area contributed by atoms with E-state index in [1.165, 1.54) is 43.0 Å². The summed E-state index contributed by atoms with van der Waals surface area (Å²) in [5, 5.41) is 6.04. The molecule has 0 saturated heterocycles. The van der Waals surface area contributed by atoms with Crippen LogP contribution in [0.15, 0.2) is 35.2 Å². The number of sulfonamides is 1. The topological polar surface area (TPSA) is 102 Å². The zero-order valence-electron chi connectivity index (χ0n) is 16.7. The number of hydrogen-bond acceptors (Lipinski definition) is 5. The van der Waals surface area contributed by atoms with E-state index in [4.69, 9.17) is 0 Å². The number of aromatic nitrogens is 2. The molecule has 30 heavy (non-hydrogen) atoms. The lowest BCUT2D eigenvalue weighted by molar-refractivity contribution is -0.141. The monoisotopic (exact) mass is 448 g/mol. The van der Waals surface area contributed by atoms with Crippen molar-refractivity contribution in [1.29, 1.82) is 0 Å². The van der Waals surface area contributed by atoms with Gasteiger partial charge in [0.1, 0.15) is 0 Å². The summed E-state index contributed by atoms with van der Waals surface area (Å²) in [5.41, 5.74) is -0.258. The first-order chi connectivity index (χ1) is 14.0. The van der Waals surface area contributed by atoms with Crippen LogP contribution in [-0.4, -0.2) is 37.9 Å². The van der Waals surface area contributed by atoms with Crippen molar-refractivity contribution < 1.29 is 31.1 Å². The van der Waals surface area contributed by atoms with E-state index in [-0.39, 0.29) is 17.9 Å². The molecule has 0 aliphatic heterocycles. The largest absolute Gasteiger partial charge is 0.453 e. The summed E-state index contributed by atoms with van der Waals surface area (Å²) in [4.78, 5) is 11.1. The number of carbonyl (C=O) groups excluding carboxylic acids is 1. The van der Waals surface area contributed by atoms with E-state index in [9.17, 15) is 26.4 Å². The molecular weight excluding hydrogens is 425 g/mol. The summed E-state index contributed by atoms with van der Waals surface area (Å²) < 4.78 is 71.6. The van der Waals surface area contributed by atoms with E-state index in [2.05, 4.69) is 19.9 Å². The fourth-order valence-corrected chi connectivity index (χ4v) is 3.87. The molecular formula is C18H23F3N4O4S. The number of benzene rings is 1. The SMILES string of the molecule is CCC(CCNS(=O)(=O)c1ccc(NC(=O)OC)cc1)n1nc(C(F)(F)F)cc1C. The van der Waals surface area contributed by atoms with Crippen LogP contribution in [0.4, 0.5) is 23.7 Å². The van der Waals surface area contributed by atoms with E-state index in [0.717, 1.165) is 6.07 Å². The van der Waals surface area contributed by atoms with Crippen LogP contribution in [0.2, 0.25) is 0 Å². The van der Waals surface area contributed by atoms with Gasteiger partial charge in [-0.1, -0.05) is 6.92 Å². The summed E-state index contributed by atoms with van der Waals surface area (Å²) >= 11 is 0. The number of nitrogens with one attached hydrogen (secondary N) is 2. The minimum atomic E-state index is -4.54. The molecule has 1 aromatic carbocycles. The van der Waals surface area contributed by atoms with Gasteiger partial charge in [0.05, 0.1) is 18.0 Å². The van der Waals surface area contributed by atoms with E-state index in [1.54, 1.807) is 6.92 Å². The number of ether oxygens (including phenoxy) is 1. The third-order valence-electron chi connectivity index (χ3n) is 4.40. The van der Waals surface area contributed by atoms with Gasteiger partial charge in [-0.05, 0) is 50.1 Å². The minimum absolute atomic E-state index is 0.0133. The Hall–Kier alpha value is -2.60. The Bertz CT molecular complexity index is 972. The highest BCUT2D eigenvalue weighted by molar-refractivity contribution is 7.89. The summed E-state index contributed by atoms with van der Waals surface area (Å²) in [6.07, 6.45) is -4.48. The summed E-state index contributed by atoms with van der Waals surface area (Å²) in [6, 6.07) is 6.03. The molecule has 0 fully saturated rings. The number of halogens is 3. The number of rotatable bonds is 8. The summed E-state index contributed by atoms with van der Waals surface area (Å²) in [7, 11) is -2.62. The van der Waals surface area contributed by atoms with Crippen LogP contribution in [-0.2, 0) is 20.9 Å². The molecule has 0 aliphatic rings. The fourth-order valence-electron chi connectivity index (χ4n) is 2.82. The van der Waals surface area contributed by atoms with Crippen molar-refractivity contribution in [3.8, 4) is 0 Å². The number of anilines is 1. The molecule has 8 nitrogen and oxygen atoms in total. The van der Waals surface area contributed by atoms with Gasteiger partial charge in [-0.3, -0.25) is 10.00 Å². The van der Waals surface area contributed by atoms with Crippen molar-refractivity contribution >= 4 is 21.8 Å². The highest BCUT2D eigenvalue weighted by atomic mass is 32.2. The van der Waals surface area contributed by atoms with Gasteiger partial charge in [0.15, 0.2) is 5.69 Å². The highest BCUT2D eigenvalue weighted by Crippen LogP contribution is 2.30. The Morgan fingerprint density at radius 2 is 1.90 bits per heavy atom. The Morgan fingerprint density at radius 1 is 1.27 bits per heavy atom. The van der Waals surface area contributed by atoms with Gasteiger partial charge < -0.3 is 4.74 Å². The first-order valence-corrected chi connectivity index (χ1v) is 10.5. The molecule has 2 rings (SSSR count). The van der Waals surface area contributed by atoms with Gasteiger partial charge in [-0.15, -0.1) is 0 Å². The molecule has 1 amide bonds. The van der Waals surface area contributed by atoms with E-state index in [0.29, 0.717) is 17.8 Å². The maximum absolute atomic E-state index is 12.9. The summed E-state index contributed by atoms with van der Waals surface area (Å²) in [6.45, 7) is 3.34.